The molecule has 0 heterocycles. The van der Waals surface area contributed by atoms with E-state index in [1.54, 1.807) is 18.2 Å². The van der Waals surface area contributed by atoms with E-state index in [2.05, 4.69) is 0 Å². The number of Topliss-reactive ketones (excluding diaryl/α,β-unsaturated/α-hetero) is 1. The molecule has 0 fully saturated rings. The summed E-state index contributed by atoms with van der Waals surface area (Å²) in [6.45, 7) is 4.04. The lowest BCUT2D eigenvalue weighted by molar-refractivity contribution is 0.0913. The second kappa shape index (κ2) is 5.17. The van der Waals surface area contributed by atoms with Crippen LogP contribution in [-0.2, 0) is 0 Å². The van der Waals surface area contributed by atoms with Gasteiger partial charge >= 0.3 is 0 Å². The highest BCUT2D eigenvalue weighted by molar-refractivity contribution is 6.33. The van der Waals surface area contributed by atoms with Gasteiger partial charge < -0.3 is 5.73 Å². The van der Waals surface area contributed by atoms with Gasteiger partial charge in [0.2, 0.25) is 0 Å². The number of carbonyl (C=O) groups is 1. The van der Waals surface area contributed by atoms with Gasteiger partial charge in [0.15, 0.2) is 5.78 Å². The Balaban J connectivity index is 2.96. The van der Waals surface area contributed by atoms with E-state index in [0.717, 1.165) is 12.8 Å². The van der Waals surface area contributed by atoms with Crippen molar-refractivity contribution < 1.29 is 4.79 Å². The van der Waals surface area contributed by atoms with Crippen molar-refractivity contribution >= 4 is 23.1 Å². The van der Waals surface area contributed by atoms with Crippen LogP contribution in [0.2, 0.25) is 5.02 Å². The third-order valence-electron chi connectivity index (χ3n) is 2.64. The normalized spacial score (nSPS) is 10.7. The number of hydrogen-bond donors (Lipinski definition) is 1. The van der Waals surface area contributed by atoms with Crippen LogP contribution in [0.3, 0.4) is 0 Å². The van der Waals surface area contributed by atoms with Crippen molar-refractivity contribution in [2.45, 2.75) is 26.7 Å². The van der Waals surface area contributed by atoms with Crippen LogP contribution in [0.25, 0.3) is 0 Å². The van der Waals surface area contributed by atoms with Crippen molar-refractivity contribution in [2.75, 3.05) is 5.73 Å². The second-order valence-electron chi connectivity index (χ2n) is 3.61. The number of halogens is 1. The van der Waals surface area contributed by atoms with E-state index in [1.165, 1.54) is 0 Å². The van der Waals surface area contributed by atoms with Crippen molar-refractivity contribution in [1.29, 1.82) is 0 Å². The van der Waals surface area contributed by atoms with Gasteiger partial charge in [-0.25, -0.2) is 0 Å². The molecule has 82 valence electrons. The number of nitrogen functional groups attached to an aromatic ring is 1. The van der Waals surface area contributed by atoms with E-state index in [0.29, 0.717) is 16.3 Å². The van der Waals surface area contributed by atoms with Crippen LogP contribution in [0, 0.1) is 5.92 Å². The molecule has 1 aromatic rings. The summed E-state index contributed by atoms with van der Waals surface area (Å²) in [5.74, 6) is 0.244. The van der Waals surface area contributed by atoms with Crippen molar-refractivity contribution in [1.82, 2.24) is 0 Å². The Morgan fingerprint density at radius 2 is 2.00 bits per heavy atom. The molecule has 0 atom stereocenters. The summed E-state index contributed by atoms with van der Waals surface area (Å²) in [4.78, 5) is 12.0. The smallest absolute Gasteiger partial charge is 0.165 e. The number of ketones is 1. The van der Waals surface area contributed by atoms with Gasteiger partial charge in [-0.2, -0.15) is 0 Å². The third kappa shape index (κ3) is 2.72. The topological polar surface area (TPSA) is 43.1 Å². The number of benzene rings is 1. The first-order chi connectivity index (χ1) is 7.10. The Morgan fingerprint density at radius 3 is 2.47 bits per heavy atom. The highest BCUT2D eigenvalue weighted by atomic mass is 35.5. The minimum absolute atomic E-state index is 0.0885. The lowest BCUT2D eigenvalue weighted by Crippen LogP contribution is -2.13. The zero-order valence-electron chi connectivity index (χ0n) is 9.09. The average Bonchev–Trinajstić information content (AvgIpc) is 2.23. The first-order valence-corrected chi connectivity index (χ1v) is 5.57. The summed E-state index contributed by atoms with van der Waals surface area (Å²) in [7, 11) is 0. The van der Waals surface area contributed by atoms with Crippen molar-refractivity contribution in [3.8, 4) is 0 Å². The fraction of sp³-hybridized carbons (Fsp3) is 0.417. The second-order valence-corrected chi connectivity index (χ2v) is 4.02. The highest BCUT2D eigenvalue weighted by Crippen LogP contribution is 2.22. The van der Waals surface area contributed by atoms with Crippen LogP contribution in [-0.4, -0.2) is 5.78 Å². The molecule has 15 heavy (non-hydrogen) atoms. The van der Waals surface area contributed by atoms with Crippen molar-refractivity contribution in [2.24, 2.45) is 5.92 Å². The molecule has 0 amide bonds. The molecule has 0 bridgehead atoms. The molecule has 2 N–H and O–H groups in total. The van der Waals surface area contributed by atoms with E-state index in [4.69, 9.17) is 17.3 Å². The molecule has 0 unspecified atom stereocenters. The zero-order valence-corrected chi connectivity index (χ0v) is 9.84. The van der Waals surface area contributed by atoms with Crippen LogP contribution in [0.1, 0.15) is 37.0 Å². The lowest BCUT2D eigenvalue weighted by atomic mass is 9.93. The zero-order chi connectivity index (χ0) is 11.4. The maximum atomic E-state index is 12.0. The monoisotopic (exact) mass is 225 g/mol. The Bertz CT molecular complexity index is 359. The van der Waals surface area contributed by atoms with E-state index in [-0.39, 0.29) is 11.7 Å². The van der Waals surface area contributed by atoms with Gasteiger partial charge in [-0.15, -0.1) is 0 Å². The first kappa shape index (κ1) is 12.1. The summed E-state index contributed by atoms with van der Waals surface area (Å²) < 4.78 is 0. The van der Waals surface area contributed by atoms with Gasteiger partial charge in [0.25, 0.3) is 0 Å². The van der Waals surface area contributed by atoms with Crippen LogP contribution < -0.4 is 5.73 Å². The van der Waals surface area contributed by atoms with Gasteiger partial charge in [-0.05, 0) is 31.0 Å². The average molecular weight is 226 g/mol. The summed E-state index contributed by atoms with van der Waals surface area (Å²) in [5, 5.41) is 0.496. The van der Waals surface area contributed by atoms with E-state index in [9.17, 15) is 4.79 Å². The first-order valence-electron chi connectivity index (χ1n) is 5.19. The third-order valence-corrected chi connectivity index (χ3v) is 2.98. The lowest BCUT2D eigenvalue weighted by Gasteiger charge is -2.11. The fourth-order valence-corrected chi connectivity index (χ4v) is 1.71. The van der Waals surface area contributed by atoms with Crippen LogP contribution >= 0.6 is 11.6 Å². The molecular formula is C12H16ClNO. The Hall–Kier alpha value is -1.02. The molecule has 0 aromatic heterocycles. The van der Waals surface area contributed by atoms with Gasteiger partial charge in [-0.1, -0.05) is 25.4 Å². The predicted molar refractivity (Wildman–Crippen MR) is 64.3 cm³/mol. The molecule has 3 heteroatoms. The minimum atomic E-state index is 0.0885. The summed E-state index contributed by atoms with van der Waals surface area (Å²) in [6, 6.07) is 5.06. The number of hydrogen-bond acceptors (Lipinski definition) is 2. The number of anilines is 1. The molecule has 1 aromatic carbocycles. The van der Waals surface area contributed by atoms with E-state index >= 15 is 0 Å². The van der Waals surface area contributed by atoms with Crippen LogP contribution in [0.15, 0.2) is 18.2 Å². The number of carbonyl (C=O) groups excluding carboxylic acids is 1. The minimum Gasteiger partial charge on any atom is -0.398 e. The molecule has 0 radical (unpaired) electrons. The molecule has 0 saturated carbocycles. The number of nitrogens with two attached hydrogens (primary N) is 1. The van der Waals surface area contributed by atoms with Gasteiger partial charge in [-0.3, -0.25) is 4.79 Å². The molecule has 0 saturated heterocycles. The molecule has 1 rings (SSSR count). The Morgan fingerprint density at radius 1 is 1.40 bits per heavy atom. The maximum absolute atomic E-state index is 12.0. The van der Waals surface area contributed by atoms with Crippen molar-refractivity contribution in [3.63, 3.8) is 0 Å². The van der Waals surface area contributed by atoms with E-state index < -0.39 is 0 Å². The molecule has 0 aliphatic rings. The Kier molecular flexibility index (Phi) is 4.15. The van der Waals surface area contributed by atoms with Gasteiger partial charge in [0.05, 0.1) is 10.7 Å². The fourth-order valence-electron chi connectivity index (χ4n) is 1.59. The molecular weight excluding hydrogens is 210 g/mol. The molecule has 2 nitrogen and oxygen atoms in total. The van der Waals surface area contributed by atoms with Crippen molar-refractivity contribution in [3.05, 3.63) is 28.8 Å². The predicted octanol–water partition coefficient (Wildman–Crippen LogP) is 3.54. The van der Waals surface area contributed by atoms with E-state index in [1.807, 2.05) is 13.8 Å². The molecule has 0 spiro atoms. The summed E-state index contributed by atoms with van der Waals surface area (Å²) >= 11 is 5.80. The largest absolute Gasteiger partial charge is 0.398 e. The molecule has 0 aliphatic carbocycles. The van der Waals surface area contributed by atoms with Gasteiger partial charge in [0, 0.05) is 11.5 Å². The SMILES string of the molecule is CCC(CC)C(=O)c1ccc(Cl)c(N)c1. The molecule has 0 aliphatic heterocycles. The van der Waals surface area contributed by atoms with Gasteiger partial charge in [0.1, 0.15) is 0 Å². The Labute approximate surface area is 95.4 Å². The number of rotatable bonds is 4. The highest BCUT2D eigenvalue weighted by Gasteiger charge is 2.16. The van der Waals surface area contributed by atoms with Crippen LogP contribution in [0.4, 0.5) is 5.69 Å². The quantitative estimate of drug-likeness (QED) is 0.629. The summed E-state index contributed by atoms with van der Waals surface area (Å²) in [5.41, 5.74) is 6.78. The summed E-state index contributed by atoms with van der Waals surface area (Å²) in [6.07, 6.45) is 1.72. The van der Waals surface area contributed by atoms with Crippen LogP contribution in [0.5, 0.6) is 0 Å². The maximum Gasteiger partial charge on any atom is 0.165 e. The standard InChI is InChI=1S/C12H16ClNO/c1-3-8(4-2)12(15)9-5-6-10(13)11(14)7-9/h5-8H,3-4,14H2,1-2H3.